The second-order valence-electron chi connectivity index (χ2n) is 4.69. The monoisotopic (exact) mass is 289 g/mol. The summed E-state index contributed by atoms with van der Waals surface area (Å²) in [6.07, 6.45) is 3.19. The molecule has 21 heavy (non-hydrogen) atoms. The SMILES string of the molecule is CCCCN(CCO)C(=O)c1ccc(-c2nnco2)cc1. The number of benzene rings is 1. The summed E-state index contributed by atoms with van der Waals surface area (Å²) in [5.74, 6) is 0.349. The fraction of sp³-hybridized carbons (Fsp3) is 0.400. The Hall–Kier alpha value is -2.21. The van der Waals surface area contributed by atoms with E-state index >= 15 is 0 Å². The highest BCUT2D eigenvalue weighted by molar-refractivity contribution is 5.94. The van der Waals surface area contributed by atoms with Crippen molar-refractivity contribution in [2.75, 3.05) is 19.7 Å². The number of carbonyl (C=O) groups excluding carboxylic acids is 1. The molecule has 0 spiro atoms. The van der Waals surface area contributed by atoms with Crippen molar-refractivity contribution >= 4 is 5.91 Å². The van der Waals surface area contributed by atoms with Crippen LogP contribution in [0.1, 0.15) is 30.1 Å². The minimum Gasteiger partial charge on any atom is -0.423 e. The molecule has 0 saturated heterocycles. The Morgan fingerprint density at radius 2 is 2.05 bits per heavy atom. The van der Waals surface area contributed by atoms with Crippen LogP contribution >= 0.6 is 0 Å². The average molecular weight is 289 g/mol. The maximum atomic E-state index is 12.4. The van der Waals surface area contributed by atoms with E-state index in [1.54, 1.807) is 29.2 Å². The summed E-state index contributed by atoms with van der Waals surface area (Å²) in [6, 6.07) is 7.02. The van der Waals surface area contributed by atoms with Crippen molar-refractivity contribution in [3.8, 4) is 11.5 Å². The van der Waals surface area contributed by atoms with Crippen molar-refractivity contribution < 1.29 is 14.3 Å². The van der Waals surface area contributed by atoms with Crippen LogP contribution in [0.25, 0.3) is 11.5 Å². The molecule has 0 atom stereocenters. The summed E-state index contributed by atoms with van der Waals surface area (Å²) in [5.41, 5.74) is 1.36. The third-order valence-corrected chi connectivity index (χ3v) is 3.18. The number of aromatic nitrogens is 2. The van der Waals surface area contributed by atoms with Gasteiger partial charge in [-0.1, -0.05) is 13.3 Å². The van der Waals surface area contributed by atoms with Gasteiger partial charge in [-0.15, -0.1) is 10.2 Å². The van der Waals surface area contributed by atoms with Gasteiger partial charge in [0, 0.05) is 24.2 Å². The van der Waals surface area contributed by atoms with Gasteiger partial charge in [-0.2, -0.15) is 0 Å². The lowest BCUT2D eigenvalue weighted by Gasteiger charge is -2.21. The highest BCUT2D eigenvalue weighted by Gasteiger charge is 2.15. The molecule has 0 saturated carbocycles. The third-order valence-electron chi connectivity index (χ3n) is 3.18. The van der Waals surface area contributed by atoms with Crippen LogP contribution in [0.4, 0.5) is 0 Å². The molecule has 2 rings (SSSR count). The van der Waals surface area contributed by atoms with E-state index in [1.807, 2.05) is 0 Å². The quantitative estimate of drug-likeness (QED) is 0.843. The number of hydrogen-bond acceptors (Lipinski definition) is 5. The van der Waals surface area contributed by atoms with Crippen LogP contribution in [0, 0.1) is 0 Å². The first-order chi connectivity index (χ1) is 10.3. The van der Waals surface area contributed by atoms with Gasteiger partial charge in [0.2, 0.25) is 12.3 Å². The number of nitrogens with zero attached hydrogens (tertiary/aromatic N) is 3. The highest BCUT2D eigenvalue weighted by Crippen LogP contribution is 2.17. The lowest BCUT2D eigenvalue weighted by atomic mass is 10.1. The van der Waals surface area contributed by atoms with Crippen molar-refractivity contribution in [2.45, 2.75) is 19.8 Å². The average Bonchev–Trinajstić information content (AvgIpc) is 3.05. The topological polar surface area (TPSA) is 79.5 Å². The number of unbranched alkanes of at least 4 members (excludes halogenated alkanes) is 1. The lowest BCUT2D eigenvalue weighted by molar-refractivity contribution is 0.0719. The van der Waals surface area contributed by atoms with E-state index in [4.69, 9.17) is 9.52 Å². The van der Waals surface area contributed by atoms with Gasteiger partial charge >= 0.3 is 0 Å². The maximum absolute atomic E-state index is 12.4. The molecule has 1 amide bonds. The van der Waals surface area contributed by atoms with Crippen LogP contribution in [0.3, 0.4) is 0 Å². The van der Waals surface area contributed by atoms with Crippen LogP contribution in [0.2, 0.25) is 0 Å². The molecule has 6 nitrogen and oxygen atoms in total. The predicted molar refractivity (Wildman–Crippen MR) is 77.6 cm³/mol. The van der Waals surface area contributed by atoms with Crippen LogP contribution in [-0.4, -0.2) is 45.8 Å². The molecular weight excluding hydrogens is 270 g/mol. The Kier molecular flexibility index (Phi) is 5.45. The number of amides is 1. The van der Waals surface area contributed by atoms with E-state index in [9.17, 15) is 4.79 Å². The Morgan fingerprint density at radius 1 is 1.29 bits per heavy atom. The first-order valence-electron chi connectivity index (χ1n) is 7.03. The van der Waals surface area contributed by atoms with Gasteiger partial charge in [0.1, 0.15) is 0 Å². The van der Waals surface area contributed by atoms with E-state index in [1.165, 1.54) is 6.39 Å². The van der Waals surface area contributed by atoms with Crippen LogP contribution in [0.15, 0.2) is 35.1 Å². The minimum atomic E-state index is -0.0745. The summed E-state index contributed by atoms with van der Waals surface area (Å²) >= 11 is 0. The van der Waals surface area contributed by atoms with Crippen molar-refractivity contribution in [1.29, 1.82) is 0 Å². The molecule has 0 bridgehead atoms. The standard InChI is InChI=1S/C15H19N3O3/c1-2-3-8-18(9-10-19)15(20)13-6-4-12(5-7-13)14-17-16-11-21-14/h4-7,11,19H,2-3,8-10H2,1H3. The van der Waals surface area contributed by atoms with E-state index in [-0.39, 0.29) is 12.5 Å². The Balaban J connectivity index is 2.10. The van der Waals surface area contributed by atoms with Gasteiger partial charge in [0.05, 0.1) is 6.61 Å². The predicted octanol–water partition coefficient (Wildman–Crippen LogP) is 1.97. The van der Waals surface area contributed by atoms with E-state index in [0.29, 0.717) is 24.5 Å². The smallest absolute Gasteiger partial charge is 0.253 e. The normalized spacial score (nSPS) is 10.6. The summed E-state index contributed by atoms with van der Waals surface area (Å²) in [4.78, 5) is 14.1. The van der Waals surface area contributed by atoms with Gasteiger partial charge < -0.3 is 14.4 Å². The first kappa shape index (κ1) is 15.2. The third kappa shape index (κ3) is 3.88. The number of aliphatic hydroxyl groups is 1. The summed E-state index contributed by atoms with van der Waals surface area (Å²) in [5, 5.41) is 16.5. The molecule has 0 aliphatic rings. The van der Waals surface area contributed by atoms with Gasteiger partial charge in [-0.25, -0.2) is 0 Å². The van der Waals surface area contributed by atoms with Crippen LogP contribution in [-0.2, 0) is 0 Å². The molecule has 0 radical (unpaired) electrons. The second kappa shape index (κ2) is 7.54. The van der Waals surface area contributed by atoms with Gasteiger partial charge in [-0.3, -0.25) is 4.79 Å². The zero-order valence-corrected chi connectivity index (χ0v) is 12.0. The van der Waals surface area contributed by atoms with Crippen LogP contribution < -0.4 is 0 Å². The Morgan fingerprint density at radius 3 is 2.62 bits per heavy atom. The molecule has 1 heterocycles. The first-order valence-corrected chi connectivity index (χ1v) is 7.03. The van der Waals surface area contributed by atoms with Crippen molar-refractivity contribution in [2.24, 2.45) is 0 Å². The molecule has 6 heteroatoms. The van der Waals surface area contributed by atoms with Gasteiger partial charge in [-0.05, 0) is 30.7 Å². The molecule has 1 aromatic heterocycles. The van der Waals surface area contributed by atoms with Crippen molar-refractivity contribution in [3.05, 3.63) is 36.2 Å². The summed E-state index contributed by atoms with van der Waals surface area (Å²) < 4.78 is 5.11. The lowest BCUT2D eigenvalue weighted by Crippen LogP contribution is -2.34. The van der Waals surface area contributed by atoms with Gasteiger partial charge in [0.25, 0.3) is 5.91 Å². The van der Waals surface area contributed by atoms with E-state index in [0.717, 1.165) is 18.4 Å². The fourth-order valence-corrected chi connectivity index (χ4v) is 2.02. The molecule has 0 aliphatic heterocycles. The summed E-state index contributed by atoms with van der Waals surface area (Å²) in [7, 11) is 0. The fourth-order valence-electron chi connectivity index (χ4n) is 2.02. The van der Waals surface area contributed by atoms with Crippen molar-refractivity contribution in [1.82, 2.24) is 15.1 Å². The number of carbonyl (C=O) groups is 1. The zero-order chi connectivity index (χ0) is 15.1. The highest BCUT2D eigenvalue weighted by atomic mass is 16.4. The van der Waals surface area contributed by atoms with E-state index in [2.05, 4.69) is 17.1 Å². The Bertz CT molecular complexity index is 552. The number of hydrogen-bond donors (Lipinski definition) is 1. The molecular formula is C15H19N3O3. The van der Waals surface area contributed by atoms with Crippen molar-refractivity contribution in [3.63, 3.8) is 0 Å². The Labute approximate surface area is 123 Å². The largest absolute Gasteiger partial charge is 0.423 e. The number of rotatable bonds is 7. The molecule has 1 aromatic carbocycles. The molecule has 0 aliphatic carbocycles. The molecule has 0 unspecified atom stereocenters. The van der Waals surface area contributed by atoms with E-state index < -0.39 is 0 Å². The number of aliphatic hydroxyl groups excluding tert-OH is 1. The zero-order valence-electron chi connectivity index (χ0n) is 12.0. The second-order valence-corrected chi connectivity index (χ2v) is 4.69. The molecule has 112 valence electrons. The minimum absolute atomic E-state index is 0.0322. The molecule has 2 aromatic rings. The molecule has 0 fully saturated rings. The van der Waals surface area contributed by atoms with Gasteiger partial charge in [0.15, 0.2) is 0 Å². The summed E-state index contributed by atoms with van der Waals surface area (Å²) in [6.45, 7) is 3.04. The van der Waals surface area contributed by atoms with Crippen LogP contribution in [0.5, 0.6) is 0 Å². The molecule has 1 N–H and O–H groups in total. The maximum Gasteiger partial charge on any atom is 0.253 e.